The molecule has 1 aromatic heterocycles. The van der Waals surface area contributed by atoms with Gasteiger partial charge in [-0.25, -0.2) is 9.97 Å². The van der Waals surface area contributed by atoms with Gasteiger partial charge in [-0.1, -0.05) is 11.8 Å². The zero-order valence-corrected chi connectivity index (χ0v) is 15.2. The molecule has 1 heterocycles. The summed E-state index contributed by atoms with van der Waals surface area (Å²) in [6.07, 6.45) is 2.80. The first kappa shape index (κ1) is 19.4. The van der Waals surface area contributed by atoms with E-state index in [2.05, 4.69) is 9.97 Å². The molecule has 0 aliphatic rings. The lowest BCUT2D eigenvalue weighted by molar-refractivity contribution is -0.139. The van der Waals surface area contributed by atoms with Crippen LogP contribution in [0.2, 0.25) is 0 Å². The lowest BCUT2D eigenvalue weighted by Crippen LogP contribution is -2.38. The lowest BCUT2D eigenvalue weighted by atomic mass is 10.1. The molecule has 1 N–H and O–H groups in total. The van der Waals surface area contributed by atoms with Gasteiger partial charge in [0.15, 0.2) is 5.16 Å². The van der Waals surface area contributed by atoms with E-state index in [9.17, 15) is 9.59 Å². The molecule has 0 saturated heterocycles. The van der Waals surface area contributed by atoms with Crippen LogP contribution in [0.25, 0.3) is 0 Å². The highest BCUT2D eigenvalue weighted by Crippen LogP contribution is 2.18. The van der Waals surface area contributed by atoms with Crippen LogP contribution in [0.4, 0.5) is 0 Å². The van der Waals surface area contributed by atoms with Crippen molar-refractivity contribution in [2.75, 3.05) is 12.8 Å². The summed E-state index contributed by atoms with van der Waals surface area (Å²) >= 11 is 1.50. The number of aliphatic carboxylic acids is 1. The number of hydrogen-bond acceptors (Lipinski definition) is 5. The number of aryl methyl sites for hydroxylation is 2. The number of carbonyl (C=O) groups is 2. The maximum absolute atomic E-state index is 12.4. The van der Waals surface area contributed by atoms with Crippen LogP contribution >= 0.6 is 11.8 Å². The van der Waals surface area contributed by atoms with Gasteiger partial charge in [-0.2, -0.15) is 0 Å². The number of carboxylic acids is 1. The minimum atomic E-state index is -0.892. The van der Waals surface area contributed by atoms with Crippen LogP contribution in [-0.4, -0.2) is 50.7 Å². The molecule has 0 bridgehead atoms. The van der Waals surface area contributed by atoms with Crippen LogP contribution in [0.15, 0.2) is 5.16 Å². The average molecular weight is 339 g/mol. The molecule has 1 aromatic rings. The SMILES string of the molecule is CSc1nc(C)c(CCC(=O)N(CCC(=O)O)C(C)C)c(C)n1. The van der Waals surface area contributed by atoms with Gasteiger partial charge in [-0.15, -0.1) is 0 Å². The second-order valence-electron chi connectivity index (χ2n) is 5.68. The van der Waals surface area contributed by atoms with Crippen LogP contribution in [0.1, 0.15) is 43.6 Å². The fourth-order valence-corrected chi connectivity index (χ4v) is 2.88. The summed E-state index contributed by atoms with van der Waals surface area (Å²) < 4.78 is 0. The standard InChI is InChI=1S/C16H25N3O3S/c1-10(2)19(9-8-15(21)22)14(20)7-6-13-11(3)17-16(23-5)18-12(13)4/h10H,6-9H2,1-5H3,(H,21,22). The molecule has 0 atom stereocenters. The molecular weight excluding hydrogens is 314 g/mol. The zero-order chi connectivity index (χ0) is 17.6. The average Bonchev–Trinajstić information content (AvgIpc) is 2.45. The maximum atomic E-state index is 12.4. The van der Waals surface area contributed by atoms with Gasteiger partial charge < -0.3 is 10.0 Å². The Morgan fingerprint density at radius 3 is 2.17 bits per heavy atom. The van der Waals surface area contributed by atoms with Crippen LogP contribution in [0, 0.1) is 13.8 Å². The van der Waals surface area contributed by atoms with Crippen molar-refractivity contribution in [1.82, 2.24) is 14.9 Å². The van der Waals surface area contributed by atoms with Crippen LogP contribution in [0.3, 0.4) is 0 Å². The third-order valence-electron chi connectivity index (χ3n) is 3.68. The molecule has 128 valence electrons. The molecule has 6 nitrogen and oxygen atoms in total. The maximum Gasteiger partial charge on any atom is 0.305 e. The summed E-state index contributed by atoms with van der Waals surface area (Å²) in [5.41, 5.74) is 2.80. The van der Waals surface area contributed by atoms with Gasteiger partial charge in [0.25, 0.3) is 0 Å². The van der Waals surface area contributed by atoms with Gasteiger partial charge in [-0.3, -0.25) is 9.59 Å². The molecule has 0 aromatic carbocycles. The normalized spacial score (nSPS) is 10.9. The van der Waals surface area contributed by atoms with E-state index >= 15 is 0 Å². The van der Waals surface area contributed by atoms with E-state index in [-0.39, 0.29) is 24.9 Å². The van der Waals surface area contributed by atoms with E-state index in [4.69, 9.17) is 5.11 Å². The Morgan fingerprint density at radius 1 is 1.17 bits per heavy atom. The Bertz CT molecular complexity index is 553. The number of nitrogens with zero attached hydrogens (tertiary/aromatic N) is 3. The Morgan fingerprint density at radius 2 is 1.74 bits per heavy atom. The number of aromatic nitrogens is 2. The van der Waals surface area contributed by atoms with E-state index in [0.717, 1.165) is 22.1 Å². The van der Waals surface area contributed by atoms with Crippen molar-refractivity contribution in [2.45, 2.75) is 58.2 Å². The minimum absolute atomic E-state index is 0.0147. The largest absolute Gasteiger partial charge is 0.481 e. The van der Waals surface area contributed by atoms with E-state index in [0.29, 0.717) is 12.8 Å². The molecule has 0 saturated carbocycles. The predicted octanol–water partition coefficient (Wildman–Crippen LogP) is 2.46. The fourth-order valence-electron chi connectivity index (χ4n) is 2.42. The van der Waals surface area contributed by atoms with Crippen LogP contribution in [-0.2, 0) is 16.0 Å². The van der Waals surface area contributed by atoms with Crippen molar-refractivity contribution in [3.63, 3.8) is 0 Å². The predicted molar refractivity (Wildman–Crippen MR) is 90.7 cm³/mol. The number of carbonyl (C=O) groups excluding carboxylic acids is 1. The Labute approximate surface area is 141 Å². The highest BCUT2D eigenvalue weighted by Gasteiger charge is 2.19. The molecule has 0 unspecified atom stereocenters. The van der Waals surface area contributed by atoms with E-state index in [1.54, 1.807) is 4.90 Å². The third kappa shape index (κ3) is 5.82. The summed E-state index contributed by atoms with van der Waals surface area (Å²) in [7, 11) is 0. The number of rotatable bonds is 8. The Hall–Kier alpha value is -1.63. The molecule has 23 heavy (non-hydrogen) atoms. The van der Waals surface area contributed by atoms with Crippen molar-refractivity contribution in [3.8, 4) is 0 Å². The molecule has 1 amide bonds. The van der Waals surface area contributed by atoms with Gasteiger partial charge in [0.2, 0.25) is 5.91 Å². The monoisotopic (exact) mass is 339 g/mol. The first-order chi connectivity index (χ1) is 10.8. The van der Waals surface area contributed by atoms with Crippen LogP contribution in [0.5, 0.6) is 0 Å². The molecule has 0 aliphatic heterocycles. The van der Waals surface area contributed by atoms with E-state index in [1.807, 2.05) is 34.0 Å². The van der Waals surface area contributed by atoms with Crippen molar-refractivity contribution >= 4 is 23.6 Å². The molecule has 0 aliphatic carbocycles. The number of carboxylic acid groups (broad SMARTS) is 1. The summed E-state index contributed by atoms with van der Waals surface area (Å²) in [5.74, 6) is -0.926. The van der Waals surface area contributed by atoms with Crippen molar-refractivity contribution in [3.05, 3.63) is 17.0 Å². The van der Waals surface area contributed by atoms with Gasteiger partial charge in [0.1, 0.15) is 0 Å². The van der Waals surface area contributed by atoms with Gasteiger partial charge in [0, 0.05) is 30.4 Å². The molecule has 0 radical (unpaired) electrons. The third-order valence-corrected chi connectivity index (χ3v) is 4.23. The smallest absolute Gasteiger partial charge is 0.305 e. The first-order valence-corrected chi connectivity index (χ1v) is 8.88. The highest BCUT2D eigenvalue weighted by molar-refractivity contribution is 7.98. The first-order valence-electron chi connectivity index (χ1n) is 7.65. The molecular formula is C16H25N3O3S. The van der Waals surface area contributed by atoms with Gasteiger partial charge in [0.05, 0.1) is 6.42 Å². The lowest BCUT2D eigenvalue weighted by Gasteiger charge is -2.26. The van der Waals surface area contributed by atoms with Crippen molar-refractivity contribution in [1.29, 1.82) is 0 Å². The molecule has 1 rings (SSSR count). The second-order valence-corrected chi connectivity index (χ2v) is 6.46. The van der Waals surface area contributed by atoms with Gasteiger partial charge in [-0.05, 0) is 45.9 Å². The van der Waals surface area contributed by atoms with Crippen molar-refractivity contribution < 1.29 is 14.7 Å². The Kier molecular flexibility index (Phi) is 7.48. The Balaban J connectivity index is 2.75. The molecule has 0 fully saturated rings. The number of amides is 1. The summed E-state index contributed by atoms with van der Waals surface area (Å²) in [5, 5.41) is 9.54. The topological polar surface area (TPSA) is 83.4 Å². The number of thioether (sulfide) groups is 1. The number of hydrogen-bond donors (Lipinski definition) is 1. The molecule has 7 heteroatoms. The quantitative estimate of drug-likeness (QED) is 0.578. The van der Waals surface area contributed by atoms with Crippen LogP contribution < -0.4 is 0 Å². The van der Waals surface area contributed by atoms with Crippen molar-refractivity contribution in [2.24, 2.45) is 0 Å². The highest BCUT2D eigenvalue weighted by atomic mass is 32.2. The fraction of sp³-hybridized carbons (Fsp3) is 0.625. The zero-order valence-electron chi connectivity index (χ0n) is 14.4. The molecule has 0 spiro atoms. The summed E-state index contributed by atoms with van der Waals surface area (Å²) in [4.78, 5) is 33.6. The van der Waals surface area contributed by atoms with E-state index < -0.39 is 5.97 Å². The van der Waals surface area contributed by atoms with E-state index in [1.165, 1.54) is 11.8 Å². The second kappa shape index (κ2) is 8.86. The van der Waals surface area contributed by atoms with Gasteiger partial charge >= 0.3 is 5.97 Å². The summed E-state index contributed by atoms with van der Waals surface area (Å²) in [6.45, 7) is 7.89. The minimum Gasteiger partial charge on any atom is -0.481 e. The summed E-state index contributed by atoms with van der Waals surface area (Å²) in [6, 6.07) is -0.0147.